The molecular weight excluding hydrogens is 394 g/mol. The van der Waals surface area contributed by atoms with Crippen molar-refractivity contribution in [2.45, 2.75) is 0 Å². The van der Waals surface area contributed by atoms with Gasteiger partial charge in [-0.15, -0.1) is 0 Å². The number of nitro groups is 1. The van der Waals surface area contributed by atoms with Gasteiger partial charge in [-0.05, 0) is 30.3 Å². The number of rotatable bonds is 6. The summed E-state index contributed by atoms with van der Waals surface area (Å²) in [5, 5.41) is 24.3. The zero-order valence-corrected chi connectivity index (χ0v) is 15.6. The first-order chi connectivity index (χ1) is 14.4. The van der Waals surface area contributed by atoms with Crippen LogP contribution in [0.1, 0.15) is 26.5 Å². The van der Waals surface area contributed by atoms with Gasteiger partial charge >= 0.3 is 5.97 Å². The molecule has 0 bridgehead atoms. The number of hydrogen-bond acceptors (Lipinski definition) is 8. The molecule has 2 aromatic carbocycles. The van der Waals surface area contributed by atoms with Gasteiger partial charge in [0.15, 0.2) is 0 Å². The number of amides is 1. The van der Waals surface area contributed by atoms with E-state index in [9.17, 15) is 24.8 Å². The number of aromatic hydroxyl groups is 1. The zero-order valence-electron chi connectivity index (χ0n) is 15.6. The van der Waals surface area contributed by atoms with Crippen molar-refractivity contribution in [2.75, 3.05) is 7.11 Å². The molecular formula is C20H15N3O7. The maximum atomic E-state index is 12.1. The van der Waals surface area contributed by atoms with Crippen LogP contribution in [0.2, 0.25) is 0 Å². The Morgan fingerprint density at radius 3 is 2.73 bits per heavy atom. The smallest absolute Gasteiger partial charge is 0.337 e. The molecule has 0 saturated heterocycles. The number of nitrogens with zero attached hydrogens (tertiary/aromatic N) is 2. The van der Waals surface area contributed by atoms with Crippen LogP contribution in [-0.2, 0) is 4.74 Å². The van der Waals surface area contributed by atoms with Gasteiger partial charge < -0.3 is 14.3 Å². The van der Waals surface area contributed by atoms with Crippen molar-refractivity contribution >= 4 is 23.8 Å². The molecule has 1 aromatic heterocycles. The number of esters is 1. The average molecular weight is 409 g/mol. The summed E-state index contributed by atoms with van der Waals surface area (Å²) in [6.07, 6.45) is 1.22. The van der Waals surface area contributed by atoms with E-state index in [1.54, 1.807) is 36.4 Å². The molecule has 10 heteroatoms. The summed E-state index contributed by atoms with van der Waals surface area (Å²) < 4.78 is 10.3. The van der Waals surface area contributed by atoms with Gasteiger partial charge in [-0.2, -0.15) is 5.10 Å². The number of phenolic OH excluding ortho intramolecular Hbond substituents is 1. The van der Waals surface area contributed by atoms with E-state index in [1.165, 1.54) is 13.3 Å². The Morgan fingerprint density at radius 1 is 1.20 bits per heavy atom. The highest BCUT2D eigenvalue weighted by atomic mass is 16.6. The number of phenols is 1. The third kappa shape index (κ3) is 4.50. The number of hydrazone groups is 1. The monoisotopic (exact) mass is 409 g/mol. The second kappa shape index (κ2) is 8.69. The molecule has 0 spiro atoms. The number of carbonyl (C=O) groups is 2. The maximum Gasteiger partial charge on any atom is 0.337 e. The van der Waals surface area contributed by atoms with Crippen molar-refractivity contribution in [3.05, 3.63) is 81.6 Å². The van der Waals surface area contributed by atoms with Gasteiger partial charge in [0.25, 0.3) is 11.6 Å². The summed E-state index contributed by atoms with van der Waals surface area (Å²) in [4.78, 5) is 33.9. The fourth-order valence-electron chi connectivity index (χ4n) is 2.53. The molecule has 3 aromatic rings. The second-order valence-corrected chi connectivity index (χ2v) is 5.93. The molecule has 0 aliphatic rings. The molecule has 0 radical (unpaired) electrons. The normalized spacial score (nSPS) is 10.7. The number of furan rings is 1. The van der Waals surface area contributed by atoms with Crippen molar-refractivity contribution in [3.63, 3.8) is 0 Å². The lowest BCUT2D eigenvalue weighted by Gasteiger charge is -2.02. The Bertz CT molecular complexity index is 1150. The molecule has 152 valence electrons. The van der Waals surface area contributed by atoms with E-state index >= 15 is 0 Å². The first-order valence-electron chi connectivity index (χ1n) is 8.48. The standard InChI is InChI=1S/C20H15N3O7/c1-29-20(26)13-4-2-3-12(9-13)18-8-6-15(30-18)11-21-22-19(25)16-10-14(23(27)28)5-7-17(16)24/h2-11,24H,1H3,(H,22,25)/b21-11+. The highest BCUT2D eigenvalue weighted by Gasteiger charge is 2.16. The van der Waals surface area contributed by atoms with Gasteiger partial charge in [-0.3, -0.25) is 14.9 Å². The predicted octanol–water partition coefficient (Wildman–Crippen LogP) is 3.11. The number of carbonyl (C=O) groups excluding carboxylic acids is 2. The minimum absolute atomic E-state index is 0.291. The van der Waals surface area contributed by atoms with Crippen molar-refractivity contribution < 1.29 is 28.8 Å². The van der Waals surface area contributed by atoms with Crippen molar-refractivity contribution in [3.8, 4) is 17.1 Å². The molecule has 3 rings (SSSR count). The van der Waals surface area contributed by atoms with Crippen LogP contribution < -0.4 is 5.43 Å². The lowest BCUT2D eigenvalue weighted by molar-refractivity contribution is -0.384. The minimum Gasteiger partial charge on any atom is -0.507 e. The minimum atomic E-state index is -0.829. The second-order valence-electron chi connectivity index (χ2n) is 5.93. The van der Waals surface area contributed by atoms with Crippen LogP contribution in [-0.4, -0.2) is 35.2 Å². The molecule has 0 aliphatic heterocycles. The van der Waals surface area contributed by atoms with Gasteiger partial charge in [0.1, 0.15) is 17.3 Å². The Labute approximate surface area is 169 Å². The maximum absolute atomic E-state index is 12.1. The molecule has 2 N–H and O–H groups in total. The third-order valence-corrected chi connectivity index (χ3v) is 3.99. The molecule has 0 unspecified atom stereocenters. The largest absolute Gasteiger partial charge is 0.507 e. The van der Waals surface area contributed by atoms with E-state index < -0.39 is 22.5 Å². The number of nitro benzene ring substituents is 1. The van der Waals surface area contributed by atoms with Crippen molar-refractivity contribution in [2.24, 2.45) is 5.10 Å². The number of nitrogens with one attached hydrogen (secondary N) is 1. The predicted molar refractivity (Wildman–Crippen MR) is 105 cm³/mol. The van der Waals surface area contributed by atoms with Gasteiger partial charge in [0.2, 0.25) is 0 Å². The lowest BCUT2D eigenvalue weighted by atomic mass is 10.1. The molecule has 1 amide bonds. The fraction of sp³-hybridized carbons (Fsp3) is 0.0500. The SMILES string of the molecule is COC(=O)c1cccc(-c2ccc(/C=N/NC(=O)c3cc([N+](=O)[O-])ccc3O)o2)c1. The van der Waals surface area contributed by atoms with E-state index in [4.69, 9.17) is 4.42 Å². The lowest BCUT2D eigenvalue weighted by Crippen LogP contribution is -2.17. The van der Waals surface area contributed by atoms with E-state index in [0.29, 0.717) is 22.6 Å². The molecule has 0 fully saturated rings. The van der Waals surface area contributed by atoms with E-state index in [2.05, 4.69) is 15.3 Å². The fourth-order valence-corrected chi connectivity index (χ4v) is 2.53. The number of benzene rings is 2. The summed E-state index contributed by atoms with van der Waals surface area (Å²) in [5.74, 6) is -0.955. The van der Waals surface area contributed by atoms with Gasteiger partial charge in [-0.1, -0.05) is 12.1 Å². The van der Waals surface area contributed by atoms with Crippen LogP contribution in [0.4, 0.5) is 5.69 Å². The summed E-state index contributed by atoms with van der Waals surface area (Å²) in [6, 6.07) is 13.0. The summed E-state index contributed by atoms with van der Waals surface area (Å²) >= 11 is 0. The van der Waals surface area contributed by atoms with E-state index in [-0.39, 0.29) is 11.3 Å². The molecule has 1 heterocycles. The quantitative estimate of drug-likeness (QED) is 0.275. The summed E-state index contributed by atoms with van der Waals surface area (Å²) in [6.45, 7) is 0. The molecule has 30 heavy (non-hydrogen) atoms. The Balaban J connectivity index is 1.71. The third-order valence-electron chi connectivity index (χ3n) is 3.99. The number of non-ortho nitro benzene ring substituents is 1. The highest BCUT2D eigenvalue weighted by molar-refractivity contribution is 5.97. The molecule has 0 aliphatic carbocycles. The van der Waals surface area contributed by atoms with Crippen molar-refractivity contribution in [1.29, 1.82) is 0 Å². The van der Waals surface area contributed by atoms with Crippen LogP contribution >= 0.6 is 0 Å². The van der Waals surface area contributed by atoms with Crippen LogP contribution in [0.5, 0.6) is 5.75 Å². The number of ether oxygens (including phenoxy) is 1. The highest BCUT2D eigenvalue weighted by Crippen LogP contribution is 2.24. The molecule has 0 saturated carbocycles. The summed E-state index contributed by atoms with van der Waals surface area (Å²) in [7, 11) is 1.29. The first kappa shape index (κ1) is 20.3. The van der Waals surface area contributed by atoms with Gasteiger partial charge in [0.05, 0.1) is 29.4 Å². The Hall–Kier alpha value is -4.47. The number of methoxy groups -OCH3 is 1. The van der Waals surface area contributed by atoms with Crippen LogP contribution in [0.25, 0.3) is 11.3 Å². The molecule has 10 nitrogen and oxygen atoms in total. The Kier molecular flexibility index (Phi) is 5.87. The van der Waals surface area contributed by atoms with Crippen LogP contribution in [0, 0.1) is 10.1 Å². The Morgan fingerprint density at radius 2 is 2.00 bits per heavy atom. The first-order valence-corrected chi connectivity index (χ1v) is 8.48. The molecule has 0 atom stereocenters. The summed E-state index contributed by atoms with van der Waals surface area (Å²) in [5.41, 5.74) is 2.54. The zero-order chi connectivity index (χ0) is 21.7. The van der Waals surface area contributed by atoms with Crippen LogP contribution in [0.3, 0.4) is 0 Å². The topological polar surface area (TPSA) is 144 Å². The van der Waals surface area contributed by atoms with Gasteiger partial charge in [-0.25, -0.2) is 10.2 Å². The van der Waals surface area contributed by atoms with Gasteiger partial charge in [0, 0.05) is 17.7 Å². The average Bonchev–Trinajstić information content (AvgIpc) is 3.22. The van der Waals surface area contributed by atoms with E-state index in [1.807, 2.05) is 0 Å². The number of hydrogen-bond donors (Lipinski definition) is 2. The van der Waals surface area contributed by atoms with E-state index in [0.717, 1.165) is 18.2 Å². The van der Waals surface area contributed by atoms with Crippen LogP contribution in [0.15, 0.2) is 64.1 Å². The van der Waals surface area contributed by atoms with Crippen molar-refractivity contribution in [1.82, 2.24) is 5.43 Å².